The minimum atomic E-state index is -1.10. The first kappa shape index (κ1) is 16.7. The number of benzene rings is 1. The number of anilines is 2. The van der Waals surface area contributed by atoms with Gasteiger partial charge in [-0.05, 0) is 37.3 Å². The number of hydrogen-bond acceptors (Lipinski definition) is 6. The lowest BCUT2D eigenvalue weighted by Gasteiger charge is -2.10. The number of carbonyl (C=O) groups is 2. The van der Waals surface area contributed by atoms with Crippen molar-refractivity contribution in [2.75, 3.05) is 18.2 Å². The summed E-state index contributed by atoms with van der Waals surface area (Å²) in [5.74, 6) is -1.19. The number of carbonyl (C=O) groups excluding carboxylic acids is 1. The molecule has 128 valence electrons. The normalized spacial score (nSPS) is 10.6. The molecule has 7 nitrogen and oxygen atoms in total. The average Bonchev–Trinajstić information content (AvgIpc) is 2.90. The number of carboxylic acid groups (broad SMARTS) is 1. The van der Waals surface area contributed by atoms with E-state index in [1.54, 1.807) is 0 Å². The molecule has 0 radical (unpaired) electrons. The largest absolute Gasteiger partial charge is 0.495 e. The van der Waals surface area contributed by atoms with Crippen molar-refractivity contribution in [3.05, 3.63) is 46.5 Å². The third-order valence-electron chi connectivity index (χ3n) is 3.63. The van der Waals surface area contributed by atoms with Crippen LogP contribution in [0.15, 0.2) is 30.3 Å². The van der Waals surface area contributed by atoms with Gasteiger partial charge in [0.2, 0.25) is 0 Å². The summed E-state index contributed by atoms with van der Waals surface area (Å²) in [4.78, 5) is 29.1. The predicted octanol–water partition coefficient (Wildman–Crippen LogP) is 3.15. The standard InChI is InChI=1S/C17H15N3O4S/c1-8-3-5-10-13(18)14(25-16(10)19-8)15(21)20-11-7-9(17(22)23)4-6-12(11)24-2/h3-7H,18H2,1-2H3,(H,20,21)(H,22,23). The first-order valence-corrected chi connectivity index (χ1v) is 8.10. The van der Waals surface area contributed by atoms with Crippen LogP contribution in [0.5, 0.6) is 5.75 Å². The maximum atomic E-state index is 12.6. The summed E-state index contributed by atoms with van der Waals surface area (Å²) in [6.45, 7) is 1.86. The Labute approximate surface area is 147 Å². The maximum Gasteiger partial charge on any atom is 0.335 e. The lowest BCUT2D eigenvalue weighted by molar-refractivity contribution is 0.0696. The summed E-state index contributed by atoms with van der Waals surface area (Å²) < 4.78 is 5.17. The van der Waals surface area contributed by atoms with Crippen LogP contribution in [0.2, 0.25) is 0 Å². The molecule has 1 aromatic carbocycles. The summed E-state index contributed by atoms with van der Waals surface area (Å²) in [6.07, 6.45) is 0. The van der Waals surface area contributed by atoms with Crippen LogP contribution in [0.3, 0.4) is 0 Å². The number of aromatic carboxylic acids is 1. The van der Waals surface area contributed by atoms with Gasteiger partial charge in [0.1, 0.15) is 15.5 Å². The summed E-state index contributed by atoms with van der Waals surface area (Å²) in [6, 6.07) is 7.87. The Morgan fingerprint density at radius 3 is 2.72 bits per heavy atom. The van der Waals surface area contributed by atoms with Crippen LogP contribution in [0, 0.1) is 6.92 Å². The Balaban J connectivity index is 1.99. The number of ether oxygens (including phenoxy) is 1. The van der Waals surface area contributed by atoms with E-state index in [1.165, 1.54) is 36.6 Å². The van der Waals surface area contributed by atoms with Gasteiger partial charge in [0.25, 0.3) is 5.91 Å². The molecule has 0 saturated carbocycles. The van der Waals surface area contributed by atoms with E-state index in [1.807, 2.05) is 19.1 Å². The fourth-order valence-corrected chi connectivity index (χ4v) is 3.41. The molecule has 0 fully saturated rings. The van der Waals surface area contributed by atoms with Crippen LogP contribution < -0.4 is 15.8 Å². The summed E-state index contributed by atoms with van der Waals surface area (Å²) in [7, 11) is 1.44. The van der Waals surface area contributed by atoms with Crippen molar-refractivity contribution < 1.29 is 19.4 Å². The topological polar surface area (TPSA) is 115 Å². The Kier molecular flexibility index (Phi) is 4.28. The number of methoxy groups -OCH3 is 1. The van der Waals surface area contributed by atoms with E-state index in [2.05, 4.69) is 10.3 Å². The van der Waals surface area contributed by atoms with Gasteiger partial charge in [-0.15, -0.1) is 11.3 Å². The van der Waals surface area contributed by atoms with Crippen molar-refractivity contribution in [3.63, 3.8) is 0 Å². The highest BCUT2D eigenvalue weighted by molar-refractivity contribution is 7.21. The van der Waals surface area contributed by atoms with E-state index >= 15 is 0 Å². The molecular weight excluding hydrogens is 342 g/mol. The molecule has 4 N–H and O–H groups in total. The lowest BCUT2D eigenvalue weighted by atomic mass is 10.2. The molecule has 0 unspecified atom stereocenters. The van der Waals surface area contributed by atoms with E-state index in [4.69, 9.17) is 15.6 Å². The van der Waals surface area contributed by atoms with Gasteiger partial charge in [-0.2, -0.15) is 0 Å². The van der Waals surface area contributed by atoms with Crippen molar-refractivity contribution in [3.8, 4) is 5.75 Å². The summed E-state index contributed by atoms with van der Waals surface area (Å²) in [5, 5.41) is 12.5. The zero-order chi connectivity index (χ0) is 18.1. The Hall–Kier alpha value is -3.13. The van der Waals surface area contributed by atoms with Gasteiger partial charge in [0, 0.05) is 11.1 Å². The molecular formula is C17H15N3O4S. The van der Waals surface area contributed by atoms with Gasteiger partial charge >= 0.3 is 5.97 Å². The second-order valence-corrected chi connectivity index (χ2v) is 6.32. The van der Waals surface area contributed by atoms with Crippen LogP contribution in [0.4, 0.5) is 11.4 Å². The van der Waals surface area contributed by atoms with Gasteiger partial charge < -0.3 is 20.9 Å². The number of amides is 1. The second kappa shape index (κ2) is 6.40. The monoisotopic (exact) mass is 357 g/mol. The van der Waals surface area contributed by atoms with Crippen LogP contribution >= 0.6 is 11.3 Å². The molecule has 0 atom stereocenters. The Bertz CT molecular complexity index is 997. The third kappa shape index (κ3) is 3.11. The van der Waals surface area contributed by atoms with E-state index < -0.39 is 11.9 Å². The molecule has 2 heterocycles. The first-order valence-electron chi connectivity index (χ1n) is 7.29. The zero-order valence-electron chi connectivity index (χ0n) is 13.5. The number of aromatic nitrogens is 1. The maximum absolute atomic E-state index is 12.6. The minimum Gasteiger partial charge on any atom is -0.495 e. The highest BCUT2D eigenvalue weighted by atomic mass is 32.1. The molecule has 2 aromatic heterocycles. The Morgan fingerprint density at radius 1 is 1.28 bits per heavy atom. The molecule has 0 aliphatic heterocycles. The molecule has 25 heavy (non-hydrogen) atoms. The first-order chi connectivity index (χ1) is 11.9. The van der Waals surface area contributed by atoms with E-state index in [-0.39, 0.29) is 11.3 Å². The smallest absolute Gasteiger partial charge is 0.335 e. The number of nitrogens with two attached hydrogens (primary N) is 1. The highest BCUT2D eigenvalue weighted by Gasteiger charge is 2.19. The molecule has 0 saturated heterocycles. The van der Waals surface area contributed by atoms with Crippen LogP contribution in [-0.4, -0.2) is 29.1 Å². The average molecular weight is 357 g/mol. The van der Waals surface area contributed by atoms with E-state index in [0.29, 0.717) is 26.5 Å². The van der Waals surface area contributed by atoms with E-state index in [0.717, 1.165) is 5.69 Å². The molecule has 0 spiro atoms. The summed E-state index contributed by atoms with van der Waals surface area (Å²) in [5.41, 5.74) is 7.55. The molecule has 1 amide bonds. The number of rotatable bonds is 4. The van der Waals surface area contributed by atoms with Crippen molar-refractivity contribution in [1.29, 1.82) is 0 Å². The van der Waals surface area contributed by atoms with Crippen molar-refractivity contribution in [2.24, 2.45) is 0 Å². The quantitative estimate of drug-likeness (QED) is 0.661. The number of pyridine rings is 1. The zero-order valence-corrected chi connectivity index (χ0v) is 14.3. The predicted molar refractivity (Wildman–Crippen MR) is 96.7 cm³/mol. The number of thiophene rings is 1. The number of aryl methyl sites for hydroxylation is 1. The van der Waals surface area contributed by atoms with Crippen LogP contribution in [0.25, 0.3) is 10.2 Å². The van der Waals surface area contributed by atoms with Gasteiger partial charge in [-0.3, -0.25) is 4.79 Å². The van der Waals surface area contributed by atoms with Crippen LogP contribution in [0.1, 0.15) is 25.7 Å². The SMILES string of the molecule is COc1ccc(C(=O)O)cc1NC(=O)c1sc2nc(C)ccc2c1N. The molecule has 0 bridgehead atoms. The summed E-state index contributed by atoms with van der Waals surface area (Å²) >= 11 is 1.18. The molecule has 3 rings (SSSR count). The minimum absolute atomic E-state index is 0.0395. The fourth-order valence-electron chi connectivity index (χ4n) is 2.38. The number of nitrogens with zero attached hydrogens (tertiary/aromatic N) is 1. The number of carboxylic acids is 1. The van der Waals surface area contributed by atoms with Crippen LogP contribution in [-0.2, 0) is 0 Å². The number of nitrogen functional groups attached to an aromatic ring is 1. The van der Waals surface area contributed by atoms with Crippen molar-refractivity contribution in [2.45, 2.75) is 6.92 Å². The third-order valence-corrected chi connectivity index (χ3v) is 4.75. The molecule has 3 aromatic rings. The number of nitrogens with one attached hydrogen (secondary N) is 1. The lowest BCUT2D eigenvalue weighted by Crippen LogP contribution is -2.13. The van der Waals surface area contributed by atoms with Gasteiger partial charge in [0.05, 0.1) is 24.0 Å². The second-order valence-electron chi connectivity index (χ2n) is 5.32. The number of hydrogen-bond donors (Lipinski definition) is 3. The molecule has 8 heteroatoms. The Morgan fingerprint density at radius 2 is 2.04 bits per heavy atom. The number of fused-ring (bicyclic) bond motifs is 1. The highest BCUT2D eigenvalue weighted by Crippen LogP contribution is 2.34. The van der Waals surface area contributed by atoms with Crippen molar-refractivity contribution >= 4 is 44.8 Å². The van der Waals surface area contributed by atoms with Gasteiger partial charge in [0.15, 0.2) is 0 Å². The van der Waals surface area contributed by atoms with Crippen molar-refractivity contribution in [1.82, 2.24) is 4.98 Å². The fraction of sp³-hybridized carbons (Fsp3) is 0.118. The van der Waals surface area contributed by atoms with Gasteiger partial charge in [-0.1, -0.05) is 0 Å². The van der Waals surface area contributed by atoms with Gasteiger partial charge in [-0.25, -0.2) is 9.78 Å². The molecule has 0 aliphatic carbocycles. The van der Waals surface area contributed by atoms with E-state index in [9.17, 15) is 9.59 Å². The molecule has 0 aliphatic rings.